The molecule has 0 N–H and O–H groups in total. The zero-order valence-electron chi connectivity index (χ0n) is 19.7. The van der Waals surface area contributed by atoms with Gasteiger partial charge in [-0.05, 0) is 78.3 Å². The topological polar surface area (TPSA) is 68.2 Å². The summed E-state index contributed by atoms with van der Waals surface area (Å²) in [4.78, 5) is 26.9. The van der Waals surface area contributed by atoms with Crippen LogP contribution in [0.1, 0.15) is 42.2 Å². The molecule has 1 unspecified atom stereocenters. The molecule has 36 heavy (non-hydrogen) atoms. The molecule has 4 aromatic rings. The number of benzene rings is 2. The highest BCUT2D eigenvalue weighted by Gasteiger charge is 2.28. The molecule has 6 nitrogen and oxygen atoms in total. The molecule has 1 aliphatic heterocycles. The van der Waals surface area contributed by atoms with E-state index in [4.69, 9.17) is 4.74 Å². The van der Waals surface area contributed by atoms with Crippen molar-refractivity contribution in [2.24, 2.45) is 0 Å². The third-order valence-electron chi connectivity index (χ3n) is 7.03. The molecule has 2 aromatic heterocycles. The van der Waals surface area contributed by atoms with Gasteiger partial charge in [0.25, 0.3) is 0 Å². The zero-order chi connectivity index (χ0) is 24.6. The molecule has 1 aliphatic carbocycles. The van der Waals surface area contributed by atoms with E-state index in [1.54, 1.807) is 29.4 Å². The van der Waals surface area contributed by atoms with Crippen molar-refractivity contribution in [1.29, 1.82) is 0 Å². The fourth-order valence-corrected chi connectivity index (χ4v) is 5.01. The molecular weight excluding hydrogens is 455 g/mol. The van der Waals surface area contributed by atoms with Gasteiger partial charge in [0.1, 0.15) is 17.9 Å². The van der Waals surface area contributed by atoms with E-state index in [2.05, 4.69) is 21.5 Å². The van der Waals surface area contributed by atoms with Gasteiger partial charge >= 0.3 is 0 Å². The smallest absolute Gasteiger partial charge is 0.245 e. The van der Waals surface area contributed by atoms with Crippen molar-refractivity contribution in [2.45, 2.75) is 31.1 Å². The number of carbonyl (C=O) groups is 1. The number of carbonyl (C=O) groups excluding carboxylic acids is 1. The summed E-state index contributed by atoms with van der Waals surface area (Å²) in [6.45, 7) is 4.83. The molecule has 1 atom stereocenters. The number of hydrogen-bond acceptors (Lipinski definition) is 5. The second-order valence-electron chi connectivity index (χ2n) is 9.45. The van der Waals surface area contributed by atoms with E-state index in [-0.39, 0.29) is 17.6 Å². The van der Waals surface area contributed by atoms with Crippen LogP contribution in [0.2, 0.25) is 0 Å². The van der Waals surface area contributed by atoms with Crippen LogP contribution < -0.4 is 4.74 Å². The summed E-state index contributed by atoms with van der Waals surface area (Å²) >= 11 is 0. The lowest BCUT2D eigenvalue weighted by Crippen LogP contribution is -2.26. The van der Waals surface area contributed by atoms with Gasteiger partial charge in [-0.25, -0.2) is 19.3 Å². The van der Waals surface area contributed by atoms with Gasteiger partial charge in [-0.1, -0.05) is 6.58 Å². The summed E-state index contributed by atoms with van der Waals surface area (Å²) in [6, 6.07) is 12.7. The van der Waals surface area contributed by atoms with Crippen LogP contribution in [0.15, 0.2) is 73.8 Å². The maximum Gasteiger partial charge on any atom is 0.245 e. The molecule has 0 bridgehead atoms. The van der Waals surface area contributed by atoms with Crippen molar-refractivity contribution in [3.63, 3.8) is 0 Å². The first kappa shape index (κ1) is 22.3. The summed E-state index contributed by atoms with van der Waals surface area (Å²) < 4.78 is 21.3. The lowest BCUT2D eigenvalue weighted by atomic mass is 9.91. The highest BCUT2D eigenvalue weighted by Crippen LogP contribution is 2.41. The van der Waals surface area contributed by atoms with Crippen molar-refractivity contribution in [3.8, 4) is 22.8 Å². The molecular formula is C29H25FN4O2. The number of rotatable bonds is 6. The Labute approximate surface area is 208 Å². The number of likely N-dealkylation sites (tertiary alicyclic amines) is 1. The van der Waals surface area contributed by atoms with E-state index in [0.717, 1.165) is 28.5 Å². The van der Waals surface area contributed by atoms with Crippen LogP contribution in [-0.2, 0) is 4.79 Å². The van der Waals surface area contributed by atoms with Crippen molar-refractivity contribution in [2.75, 3.05) is 13.1 Å². The highest BCUT2D eigenvalue weighted by molar-refractivity contribution is 5.89. The third-order valence-corrected chi connectivity index (χ3v) is 7.03. The van der Waals surface area contributed by atoms with Gasteiger partial charge in [-0.15, -0.1) is 0 Å². The first-order chi connectivity index (χ1) is 17.6. The van der Waals surface area contributed by atoms with Crippen molar-refractivity contribution in [3.05, 3.63) is 90.8 Å². The fourth-order valence-electron chi connectivity index (χ4n) is 5.01. The zero-order valence-corrected chi connectivity index (χ0v) is 19.7. The Morgan fingerprint density at radius 1 is 1.08 bits per heavy atom. The Morgan fingerprint density at radius 2 is 1.97 bits per heavy atom. The quantitative estimate of drug-likeness (QED) is 0.317. The Morgan fingerprint density at radius 3 is 2.78 bits per heavy atom. The summed E-state index contributed by atoms with van der Waals surface area (Å²) in [5.74, 6) is 1.09. The van der Waals surface area contributed by atoms with Crippen LogP contribution in [0.5, 0.6) is 11.6 Å². The second kappa shape index (κ2) is 9.15. The van der Waals surface area contributed by atoms with Crippen molar-refractivity contribution >= 4 is 16.8 Å². The first-order valence-electron chi connectivity index (χ1n) is 12.2. The van der Waals surface area contributed by atoms with Crippen LogP contribution in [0.25, 0.3) is 22.0 Å². The first-order valence-corrected chi connectivity index (χ1v) is 12.2. The van der Waals surface area contributed by atoms with Crippen LogP contribution in [0.3, 0.4) is 0 Å². The van der Waals surface area contributed by atoms with E-state index < -0.39 is 0 Å². The molecule has 0 spiro atoms. The number of hydrogen-bond donors (Lipinski definition) is 0. The number of halogens is 1. The summed E-state index contributed by atoms with van der Waals surface area (Å²) in [5.41, 5.74) is 4.23. The average Bonchev–Trinajstić information content (AvgIpc) is 3.64. The lowest BCUT2D eigenvalue weighted by molar-refractivity contribution is -0.125. The fraction of sp³-hybridized carbons (Fsp3) is 0.241. The molecule has 1 saturated heterocycles. The van der Waals surface area contributed by atoms with Crippen LogP contribution in [0.4, 0.5) is 4.39 Å². The van der Waals surface area contributed by atoms with Gasteiger partial charge < -0.3 is 9.64 Å². The standard InChI is InChI=1S/C29H25FN4O2/c1-2-28(35)34-10-8-20(16-34)25-12-21(11-22-15-31-17-33-29(22)25)24-6-5-23(14-26(24)30)36-27-13-19(7-9-32-27)18-3-4-18/h2,5-7,9,11-15,17-18,20H,1,3-4,8,10,16H2. The maximum absolute atomic E-state index is 15.4. The van der Waals surface area contributed by atoms with Gasteiger partial charge in [0.05, 0.1) is 5.52 Å². The summed E-state index contributed by atoms with van der Waals surface area (Å²) in [5, 5.41) is 0.833. The van der Waals surface area contributed by atoms with E-state index >= 15 is 4.39 Å². The van der Waals surface area contributed by atoms with E-state index in [0.29, 0.717) is 36.2 Å². The summed E-state index contributed by atoms with van der Waals surface area (Å²) in [6.07, 6.45) is 9.53. The van der Waals surface area contributed by atoms with Crippen molar-refractivity contribution < 1.29 is 13.9 Å². The highest BCUT2D eigenvalue weighted by atomic mass is 19.1. The molecule has 2 fully saturated rings. The predicted octanol–water partition coefficient (Wildman–Crippen LogP) is 6.00. The van der Waals surface area contributed by atoms with Gasteiger partial charge in [-0.2, -0.15) is 0 Å². The second-order valence-corrected chi connectivity index (χ2v) is 9.45. The average molecular weight is 481 g/mol. The van der Waals surface area contributed by atoms with Crippen LogP contribution >= 0.6 is 0 Å². The van der Waals surface area contributed by atoms with Crippen molar-refractivity contribution in [1.82, 2.24) is 19.9 Å². The molecule has 3 heterocycles. The van der Waals surface area contributed by atoms with Gasteiger partial charge in [0.2, 0.25) is 11.8 Å². The minimum Gasteiger partial charge on any atom is -0.439 e. The summed E-state index contributed by atoms with van der Waals surface area (Å²) in [7, 11) is 0. The molecule has 7 heteroatoms. The van der Waals surface area contributed by atoms with E-state index in [9.17, 15) is 4.79 Å². The molecule has 2 aromatic carbocycles. The molecule has 1 amide bonds. The SMILES string of the molecule is C=CC(=O)N1CCC(c2cc(-c3ccc(Oc4cc(C5CC5)ccn4)cc3F)cc3cncnc23)C1. The third kappa shape index (κ3) is 4.33. The molecule has 2 aliphatic rings. The van der Waals surface area contributed by atoms with Crippen LogP contribution in [-0.4, -0.2) is 38.8 Å². The minimum atomic E-state index is -0.386. The number of amides is 1. The molecule has 6 rings (SSSR count). The number of nitrogens with zero attached hydrogens (tertiary/aromatic N) is 4. The number of fused-ring (bicyclic) bond motifs is 1. The van der Waals surface area contributed by atoms with Crippen LogP contribution in [0, 0.1) is 5.82 Å². The predicted molar refractivity (Wildman–Crippen MR) is 135 cm³/mol. The van der Waals surface area contributed by atoms with Gasteiger partial charge in [0.15, 0.2) is 0 Å². The Kier molecular flexibility index (Phi) is 5.68. The number of aromatic nitrogens is 3. The Balaban J connectivity index is 1.32. The lowest BCUT2D eigenvalue weighted by Gasteiger charge is -2.17. The minimum absolute atomic E-state index is 0.0774. The molecule has 0 radical (unpaired) electrons. The van der Waals surface area contributed by atoms with Gasteiger partial charge in [0, 0.05) is 54.5 Å². The largest absolute Gasteiger partial charge is 0.439 e. The Bertz CT molecular complexity index is 1480. The Hall–Kier alpha value is -4.13. The molecule has 180 valence electrons. The monoisotopic (exact) mass is 480 g/mol. The van der Waals surface area contributed by atoms with Gasteiger partial charge in [-0.3, -0.25) is 4.79 Å². The number of pyridine rings is 1. The number of ether oxygens (including phenoxy) is 1. The normalized spacial score (nSPS) is 17.4. The maximum atomic E-state index is 15.4. The van der Waals surface area contributed by atoms with E-state index in [1.807, 2.05) is 24.3 Å². The van der Waals surface area contributed by atoms with E-state index in [1.165, 1.54) is 36.9 Å². The molecule has 1 saturated carbocycles.